The Morgan fingerprint density at radius 3 is 2.90 bits per heavy atom. The van der Waals surface area contributed by atoms with Crippen LogP contribution in [0.15, 0.2) is 39.7 Å². The fourth-order valence-corrected chi connectivity index (χ4v) is 2.18. The van der Waals surface area contributed by atoms with E-state index in [4.69, 9.17) is 16.0 Å². The van der Waals surface area contributed by atoms with Crippen LogP contribution in [0.3, 0.4) is 0 Å². The number of pyridine rings is 1. The molecule has 0 saturated heterocycles. The van der Waals surface area contributed by atoms with Crippen LogP contribution in [0.5, 0.6) is 0 Å². The summed E-state index contributed by atoms with van der Waals surface area (Å²) in [6.07, 6.45) is 1.66. The van der Waals surface area contributed by atoms with Gasteiger partial charge < -0.3 is 4.42 Å². The molecular weight excluding hydrogens is 299 g/mol. The van der Waals surface area contributed by atoms with Crippen LogP contribution < -0.4 is 5.76 Å². The highest BCUT2D eigenvalue weighted by molar-refractivity contribution is 6.30. The number of aromatic nitrogens is 2. The Bertz CT molecular complexity index is 901. The third-order valence-corrected chi connectivity index (χ3v) is 3.30. The zero-order valence-corrected chi connectivity index (χ0v) is 11.3. The van der Waals surface area contributed by atoms with Gasteiger partial charge in [0.1, 0.15) is 6.29 Å². The normalized spacial score (nSPS) is 11.0. The van der Waals surface area contributed by atoms with Crippen LogP contribution in [-0.2, 0) is 6.54 Å². The van der Waals surface area contributed by atoms with Gasteiger partial charge in [0.05, 0.1) is 29.0 Å². The van der Waals surface area contributed by atoms with Crippen molar-refractivity contribution in [3.8, 4) is 0 Å². The summed E-state index contributed by atoms with van der Waals surface area (Å²) in [6.45, 7) is 0.0896. The van der Waals surface area contributed by atoms with E-state index in [1.807, 2.05) is 0 Å². The number of oxazole rings is 1. The van der Waals surface area contributed by atoms with Crippen LogP contribution in [0.25, 0.3) is 11.1 Å². The molecule has 1 aromatic carbocycles. The number of rotatable bonds is 3. The van der Waals surface area contributed by atoms with Crippen molar-refractivity contribution in [2.24, 2.45) is 0 Å². The van der Waals surface area contributed by atoms with Gasteiger partial charge in [-0.05, 0) is 24.3 Å². The Kier molecular flexibility index (Phi) is 3.31. The standard InChI is InChI=1S/C14H8ClFN2O3/c15-10-4-9(17-5-11(10)16)6-18-12-2-1-8(7-19)3-13(12)21-14(18)20/h1-5,7H,6H2. The Morgan fingerprint density at radius 2 is 2.19 bits per heavy atom. The third-order valence-electron chi connectivity index (χ3n) is 3.01. The molecule has 0 spiro atoms. The van der Waals surface area contributed by atoms with Gasteiger partial charge in [0.2, 0.25) is 0 Å². The van der Waals surface area contributed by atoms with E-state index in [-0.39, 0.29) is 11.6 Å². The molecule has 0 N–H and O–H groups in total. The smallest absolute Gasteiger partial charge is 0.408 e. The van der Waals surface area contributed by atoms with Crippen molar-refractivity contribution in [3.63, 3.8) is 0 Å². The number of halogens is 2. The summed E-state index contributed by atoms with van der Waals surface area (Å²) in [7, 11) is 0. The van der Waals surface area contributed by atoms with Gasteiger partial charge in [-0.2, -0.15) is 0 Å². The molecule has 7 heteroatoms. The summed E-state index contributed by atoms with van der Waals surface area (Å²) in [5, 5.41) is -0.0657. The van der Waals surface area contributed by atoms with Crippen molar-refractivity contribution in [2.45, 2.75) is 6.54 Å². The number of carbonyl (C=O) groups is 1. The third kappa shape index (κ3) is 2.45. The first kappa shape index (κ1) is 13.5. The molecule has 0 unspecified atom stereocenters. The quantitative estimate of drug-likeness (QED) is 0.698. The molecule has 106 valence electrons. The van der Waals surface area contributed by atoms with Crippen molar-refractivity contribution in [1.82, 2.24) is 9.55 Å². The van der Waals surface area contributed by atoms with Crippen molar-refractivity contribution >= 4 is 29.0 Å². The van der Waals surface area contributed by atoms with Gasteiger partial charge in [0, 0.05) is 5.56 Å². The molecular formula is C14H8ClFN2O3. The Balaban J connectivity index is 2.07. The van der Waals surface area contributed by atoms with Crippen molar-refractivity contribution in [3.05, 3.63) is 63.1 Å². The minimum absolute atomic E-state index is 0.0657. The van der Waals surface area contributed by atoms with Gasteiger partial charge >= 0.3 is 5.76 Å². The molecule has 2 heterocycles. The predicted molar refractivity (Wildman–Crippen MR) is 74.2 cm³/mol. The molecule has 0 fully saturated rings. The van der Waals surface area contributed by atoms with E-state index in [2.05, 4.69) is 4.98 Å². The van der Waals surface area contributed by atoms with E-state index in [0.29, 0.717) is 28.6 Å². The van der Waals surface area contributed by atoms with Gasteiger partial charge in [-0.25, -0.2) is 9.18 Å². The van der Waals surface area contributed by atoms with Crippen LogP contribution in [0.2, 0.25) is 5.02 Å². The highest BCUT2D eigenvalue weighted by atomic mass is 35.5. The van der Waals surface area contributed by atoms with Crippen molar-refractivity contribution in [1.29, 1.82) is 0 Å². The molecule has 0 atom stereocenters. The van der Waals surface area contributed by atoms with Crippen LogP contribution in [-0.4, -0.2) is 15.8 Å². The summed E-state index contributed by atoms with van der Waals surface area (Å²) in [5.74, 6) is -1.21. The minimum atomic E-state index is -0.625. The number of hydrogen-bond donors (Lipinski definition) is 0. The van der Waals surface area contributed by atoms with E-state index in [0.717, 1.165) is 6.20 Å². The average Bonchev–Trinajstić information content (AvgIpc) is 2.78. The second-order valence-corrected chi connectivity index (χ2v) is 4.80. The first-order valence-corrected chi connectivity index (χ1v) is 6.35. The fourth-order valence-electron chi connectivity index (χ4n) is 2.01. The maximum absolute atomic E-state index is 13.1. The maximum Gasteiger partial charge on any atom is 0.420 e. The topological polar surface area (TPSA) is 65.1 Å². The summed E-state index contributed by atoms with van der Waals surface area (Å²) < 4.78 is 19.5. The van der Waals surface area contributed by atoms with E-state index < -0.39 is 11.6 Å². The molecule has 2 aromatic heterocycles. The van der Waals surface area contributed by atoms with E-state index in [1.54, 1.807) is 12.1 Å². The predicted octanol–water partition coefficient (Wildman–Crippen LogP) is 2.64. The Morgan fingerprint density at radius 1 is 1.38 bits per heavy atom. The number of hydrogen-bond acceptors (Lipinski definition) is 4. The lowest BCUT2D eigenvalue weighted by Gasteiger charge is -2.03. The Labute approximate surface area is 122 Å². The first-order valence-electron chi connectivity index (χ1n) is 5.97. The zero-order valence-electron chi connectivity index (χ0n) is 10.5. The number of benzene rings is 1. The molecule has 3 aromatic rings. The molecule has 0 bridgehead atoms. The molecule has 0 radical (unpaired) electrons. The van der Waals surface area contributed by atoms with Gasteiger partial charge in [-0.3, -0.25) is 14.3 Å². The number of fused-ring (bicyclic) bond motifs is 1. The molecule has 0 saturated carbocycles. The molecule has 5 nitrogen and oxygen atoms in total. The van der Waals surface area contributed by atoms with Gasteiger partial charge in [-0.15, -0.1) is 0 Å². The van der Waals surface area contributed by atoms with Crippen LogP contribution >= 0.6 is 11.6 Å². The second-order valence-electron chi connectivity index (χ2n) is 4.39. The summed E-state index contributed by atoms with van der Waals surface area (Å²) in [5.41, 5.74) is 1.66. The van der Waals surface area contributed by atoms with E-state index in [9.17, 15) is 14.0 Å². The van der Waals surface area contributed by atoms with Gasteiger partial charge in [0.25, 0.3) is 0 Å². The second kappa shape index (κ2) is 5.14. The molecule has 0 aliphatic carbocycles. The van der Waals surface area contributed by atoms with Crippen LogP contribution in [0.1, 0.15) is 16.1 Å². The lowest BCUT2D eigenvalue weighted by atomic mass is 10.2. The molecule has 0 aliphatic heterocycles. The molecule has 21 heavy (non-hydrogen) atoms. The van der Waals surface area contributed by atoms with Crippen LogP contribution in [0, 0.1) is 5.82 Å². The number of carbonyl (C=O) groups excluding carboxylic acids is 1. The lowest BCUT2D eigenvalue weighted by molar-refractivity contribution is 0.112. The SMILES string of the molecule is O=Cc1ccc2c(c1)oc(=O)n2Cc1cc(Cl)c(F)cn1. The summed E-state index contributed by atoms with van der Waals surface area (Å²) in [4.78, 5) is 26.5. The molecule has 0 amide bonds. The van der Waals surface area contributed by atoms with Crippen molar-refractivity contribution < 1.29 is 13.6 Å². The monoisotopic (exact) mass is 306 g/mol. The van der Waals surface area contributed by atoms with Crippen LogP contribution in [0.4, 0.5) is 4.39 Å². The minimum Gasteiger partial charge on any atom is -0.408 e. The average molecular weight is 307 g/mol. The largest absolute Gasteiger partial charge is 0.420 e. The lowest BCUT2D eigenvalue weighted by Crippen LogP contribution is -2.15. The highest BCUT2D eigenvalue weighted by Crippen LogP contribution is 2.17. The summed E-state index contributed by atoms with van der Waals surface area (Å²) in [6, 6.07) is 6.01. The van der Waals surface area contributed by atoms with E-state index >= 15 is 0 Å². The zero-order chi connectivity index (χ0) is 15.0. The van der Waals surface area contributed by atoms with Gasteiger partial charge in [0.15, 0.2) is 11.4 Å². The van der Waals surface area contributed by atoms with E-state index in [1.165, 1.54) is 16.7 Å². The number of nitrogens with zero attached hydrogens (tertiary/aromatic N) is 2. The number of aldehydes is 1. The highest BCUT2D eigenvalue weighted by Gasteiger charge is 2.12. The molecule has 3 rings (SSSR count). The van der Waals surface area contributed by atoms with Gasteiger partial charge in [-0.1, -0.05) is 11.6 Å². The Hall–Kier alpha value is -2.47. The van der Waals surface area contributed by atoms with Crippen molar-refractivity contribution in [2.75, 3.05) is 0 Å². The first-order chi connectivity index (χ1) is 10.1. The maximum atomic E-state index is 13.1. The molecule has 0 aliphatic rings. The summed E-state index contributed by atoms with van der Waals surface area (Å²) >= 11 is 5.69. The fraction of sp³-hybridized carbons (Fsp3) is 0.0714.